The Morgan fingerprint density at radius 2 is 2.11 bits per heavy atom. The Labute approximate surface area is 117 Å². The van der Waals surface area contributed by atoms with Crippen LogP contribution < -0.4 is 5.32 Å². The standard InChI is InChI=1S/C13H9BrN2OS/c14-12-6-10(8-18-12)13(17)16-11(7-15)9-4-2-1-3-5-9/h1-6,8,11H,(H,16,17). The summed E-state index contributed by atoms with van der Waals surface area (Å²) >= 11 is 4.74. The SMILES string of the molecule is N#CC(NC(=O)c1csc(Br)c1)c1ccccc1. The van der Waals surface area contributed by atoms with Crippen LogP contribution in [0.2, 0.25) is 0 Å². The monoisotopic (exact) mass is 320 g/mol. The van der Waals surface area contributed by atoms with E-state index in [1.54, 1.807) is 11.4 Å². The number of carbonyl (C=O) groups is 1. The first-order chi connectivity index (χ1) is 8.70. The molecule has 0 radical (unpaired) electrons. The van der Waals surface area contributed by atoms with Gasteiger partial charge in [0.1, 0.15) is 6.04 Å². The summed E-state index contributed by atoms with van der Waals surface area (Å²) in [6.07, 6.45) is 0. The lowest BCUT2D eigenvalue weighted by atomic mass is 10.1. The van der Waals surface area contributed by atoms with Gasteiger partial charge in [0.2, 0.25) is 0 Å². The van der Waals surface area contributed by atoms with Crippen LogP contribution in [-0.2, 0) is 0 Å². The molecule has 3 nitrogen and oxygen atoms in total. The van der Waals surface area contributed by atoms with Crippen LogP contribution in [-0.4, -0.2) is 5.91 Å². The second kappa shape index (κ2) is 5.80. The number of nitrogens with zero attached hydrogens (tertiary/aromatic N) is 1. The van der Waals surface area contributed by atoms with E-state index in [1.165, 1.54) is 11.3 Å². The van der Waals surface area contributed by atoms with Gasteiger partial charge < -0.3 is 5.32 Å². The van der Waals surface area contributed by atoms with Gasteiger partial charge in [-0.2, -0.15) is 5.26 Å². The highest BCUT2D eigenvalue weighted by molar-refractivity contribution is 9.11. The molecule has 5 heteroatoms. The number of thiophene rings is 1. The van der Waals surface area contributed by atoms with E-state index in [-0.39, 0.29) is 5.91 Å². The molecule has 0 aliphatic rings. The second-order valence-electron chi connectivity index (χ2n) is 3.59. The Balaban J connectivity index is 2.13. The van der Waals surface area contributed by atoms with Crippen LogP contribution in [0.1, 0.15) is 22.0 Å². The fraction of sp³-hybridized carbons (Fsp3) is 0.0769. The largest absolute Gasteiger partial charge is 0.332 e. The molecule has 0 saturated carbocycles. The Hall–Kier alpha value is -1.64. The minimum Gasteiger partial charge on any atom is -0.332 e. The molecule has 1 unspecified atom stereocenters. The summed E-state index contributed by atoms with van der Waals surface area (Å²) in [7, 11) is 0. The summed E-state index contributed by atoms with van der Waals surface area (Å²) in [5.41, 5.74) is 1.34. The molecular weight excluding hydrogens is 312 g/mol. The van der Waals surface area contributed by atoms with E-state index < -0.39 is 6.04 Å². The zero-order valence-electron chi connectivity index (χ0n) is 9.26. The van der Waals surface area contributed by atoms with Crippen LogP contribution in [0.15, 0.2) is 45.6 Å². The molecule has 1 amide bonds. The zero-order valence-corrected chi connectivity index (χ0v) is 11.7. The maximum atomic E-state index is 11.9. The third-order valence-corrected chi connectivity index (χ3v) is 3.87. The van der Waals surface area contributed by atoms with Gasteiger partial charge in [-0.1, -0.05) is 30.3 Å². The molecule has 0 aliphatic carbocycles. The lowest BCUT2D eigenvalue weighted by Gasteiger charge is -2.10. The van der Waals surface area contributed by atoms with Crippen molar-refractivity contribution in [3.8, 4) is 6.07 Å². The van der Waals surface area contributed by atoms with Gasteiger partial charge in [-0.05, 0) is 27.6 Å². The average molecular weight is 321 g/mol. The number of halogens is 1. The number of hydrogen-bond donors (Lipinski definition) is 1. The maximum Gasteiger partial charge on any atom is 0.253 e. The fourth-order valence-corrected chi connectivity index (χ4v) is 2.62. The smallest absolute Gasteiger partial charge is 0.253 e. The van der Waals surface area contributed by atoms with Gasteiger partial charge in [0.15, 0.2) is 0 Å². The van der Waals surface area contributed by atoms with Crippen LogP contribution in [0.5, 0.6) is 0 Å². The number of hydrogen-bond acceptors (Lipinski definition) is 3. The van der Waals surface area contributed by atoms with Gasteiger partial charge in [0, 0.05) is 5.38 Å². The number of carbonyl (C=O) groups excluding carboxylic acids is 1. The number of nitrogens with one attached hydrogen (secondary N) is 1. The van der Waals surface area contributed by atoms with Crippen LogP contribution in [0.3, 0.4) is 0 Å². The third-order valence-electron chi connectivity index (χ3n) is 2.37. The predicted molar refractivity (Wildman–Crippen MR) is 74.3 cm³/mol. The fourth-order valence-electron chi connectivity index (χ4n) is 1.48. The van der Waals surface area contributed by atoms with Gasteiger partial charge in [-0.15, -0.1) is 11.3 Å². The highest BCUT2D eigenvalue weighted by Crippen LogP contribution is 2.21. The van der Waals surface area contributed by atoms with Gasteiger partial charge in [0.25, 0.3) is 5.91 Å². The summed E-state index contributed by atoms with van der Waals surface area (Å²) in [6, 6.07) is 12.4. The molecule has 0 spiro atoms. The molecule has 2 rings (SSSR count). The van der Waals surface area contributed by atoms with Crippen molar-refractivity contribution in [2.24, 2.45) is 0 Å². The van der Waals surface area contributed by atoms with Crippen molar-refractivity contribution in [2.75, 3.05) is 0 Å². The lowest BCUT2D eigenvalue weighted by Crippen LogP contribution is -2.27. The van der Waals surface area contributed by atoms with E-state index in [2.05, 4.69) is 27.3 Å². The lowest BCUT2D eigenvalue weighted by molar-refractivity contribution is 0.0945. The van der Waals surface area contributed by atoms with E-state index in [4.69, 9.17) is 5.26 Å². The minimum absolute atomic E-state index is 0.243. The van der Waals surface area contributed by atoms with Crippen LogP contribution in [0.25, 0.3) is 0 Å². The Kier molecular flexibility index (Phi) is 4.13. The summed E-state index contributed by atoms with van der Waals surface area (Å²) < 4.78 is 0.890. The molecule has 1 aromatic carbocycles. The number of amides is 1. The normalized spacial score (nSPS) is 11.6. The summed E-state index contributed by atoms with van der Waals surface area (Å²) in [5, 5.41) is 13.6. The first-order valence-corrected chi connectivity index (χ1v) is 6.87. The number of nitriles is 1. The first kappa shape index (κ1) is 12.8. The number of benzene rings is 1. The molecule has 0 aliphatic heterocycles. The van der Waals surface area contributed by atoms with E-state index in [9.17, 15) is 4.79 Å². The molecule has 1 heterocycles. The summed E-state index contributed by atoms with van der Waals surface area (Å²) in [5.74, 6) is -0.243. The van der Waals surface area contributed by atoms with Gasteiger partial charge in [-0.25, -0.2) is 0 Å². The van der Waals surface area contributed by atoms with Crippen molar-refractivity contribution in [3.05, 3.63) is 56.7 Å². The molecule has 1 aromatic heterocycles. The minimum atomic E-state index is -0.627. The molecule has 1 atom stereocenters. The molecule has 0 saturated heterocycles. The van der Waals surface area contributed by atoms with Crippen molar-refractivity contribution in [2.45, 2.75) is 6.04 Å². The van der Waals surface area contributed by atoms with Crippen molar-refractivity contribution in [3.63, 3.8) is 0 Å². The molecule has 0 bridgehead atoms. The third kappa shape index (κ3) is 2.97. The number of rotatable bonds is 3. The van der Waals surface area contributed by atoms with Crippen molar-refractivity contribution in [1.29, 1.82) is 5.26 Å². The highest BCUT2D eigenvalue weighted by atomic mass is 79.9. The Morgan fingerprint density at radius 3 is 2.67 bits per heavy atom. The summed E-state index contributed by atoms with van der Waals surface area (Å²) in [4.78, 5) is 11.9. The van der Waals surface area contributed by atoms with Crippen molar-refractivity contribution < 1.29 is 4.79 Å². The highest BCUT2D eigenvalue weighted by Gasteiger charge is 2.15. The van der Waals surface area contributed by atoms with Gasteiger partial charge in [-0.3, -0.25) is 4.79 Å². The van der Waals surface area contributed by atoms with E-state index >= 15 is 0 Å². The first-order valence-electron chi connectivity index (χ1n) is 5.20. The van der Waals surface area contributed by atoms with E-state index in [0.29, 0.717) is 5.56 Å². The molecule has 1 N–H and O–H groups in total. The van der Waals surface area contributed by atoms with Gasteiger partial charge >= 0.3 is 0 Å². The zero-order chi connectivity index (χ0) is 13.0. The second-order valence-corrected chi connectivity index (χ2v) is 5.88. The van der Waals surface area contributed by atoms with Crippen LogP contribution in [0, 0.1) is 11.3 Å². The van der Waals surface area contributed by atoms with E-state index in [0.717, 1.165) is 9.35 Å². The van der Waals surface area contributed by atoms with Crippen molar-refractivity contribution >= 4 is 33.2 Å². The predicted octanol–water partition coefficient (Wildman–Crippen LogP) is 3.51. The molecule has 0 fully saturated rings. The van der Waals surface area contributed by atoms with Crippen LogP contribution in [0.4, 0.5) is 0 Å². The summed E-state index contributed by atoms with van der Waals surface area (Å²) in [6.45, 7) is 0. The molecule has 2 aromatic rings. The molecular formula is C13H9BrN2OS. The average Bonchev–Trinajstić information content (AvgIpc) is 2.83. The maximum absolute atomic E-state index is 11.9. The molecule has 90 valence electrons. The molecule has 18 heavy (non-hydrogen) atoms. The van der Waals surface area contributed by atoms with Crippen molar-refractivity contribution in [1.82, 2.24) is 5.32 Å². The van der Waals surface area contributed by atoms with E-state index in [1.807, 2.05) is 30.3 Å². The topological polar surface area (TPSA) is 52.9 Å². The Morgan fingerprint density at radius 1 is 1.39 bits per heavy atom. The van der Waals surface area contributed by atoms with Crippen LogP contribution >= 0.6 is 27.3 Å². The quantitative estimate of drug-likeness (QED) is 0.940. The van der Waals surface area contributed by atoms with Gasteiger partial charge in [0.05, 0.1) is 15.4 Å². The Bertz CT molecular complexity index is 589.